The number of nitrogens with one attached hydrogen (secondary N) is 1. The molecule has 78 heavy (non-hydrogen) atoms. The fraction of sp³-hybridized carbons (Fsp3) is 0.600. The van der Waals surface area contributed by atoms with Crippen molar-refractivity contribution in [3.05, 3.63) is 119 Å². The molecule has 18 heteroatoms. The fourth-order valence-electron chi connectivity index (χ4n) is 18.3. The van der Waals surface area contributed by atoms with Crippen LogP contribution in [0.4, 0.5) is 35.1 Å². The molecule has 424 valence electrons. The van der Waals surface area contributed by atoms with Crippen molar-refractivity contribution in [2.75, 3.05) is 39.5 Å². The van der Waals surface area contributed by atoms with Gasteiger partial charge in [0, 0.05) is 54.2 Å². The van der Waals surface area contributed by atoms with Crippen molar-refractivity contribution in [1.29, 1.82) is 0 Å². The number of benzene rings is 2. The molecule has 10 aliphatic rings. The third-order valence-corrected chi connectivity index (χ3v) is 22.6. The Morgan fingerprint density at radius 1 is 0.667 bits per heavy atom. The van der Waals surface area contributed by atoms with Gasteiger partial charge in [-0.25, -0.2) is 35.1 Å². The van der Waals surface area contributed by atoms with E-state index in [4.69, 9.17) is 0 Å². The van der Waals surface area contributed by atoms with Gasteiger partial charge in [0.2, 0.25) is 0 Å². The van der Waals surface area contributed by atoms with Crippen LogP contribution in [0.25, 0.3) is 0 Å². The largest absolute Gasteiger partial charge is 0.390 e. The summed E-state index contributed by atoms with van der Waals surface area (Å²) in [5.41, 5.74) is -9.12. The molecule has 2 heterocycles. The van der Waals surface area contributed by atoms with Crippen molar-refractivity contribution in [1.82, 2.24) is 10.2 Å². The number of aliphatic hydroxyl groups excluding tert-OH is 2. The number of rotatable bonds is 7. The monoisotopic (exact) mass is 1180 g/mol. The quantitative estimate of drug-likeness (QED) is 0.185. The number of aliphatic hydroxyl groups is 2. The number of hydrogen-bond donors (Lipinski definition) is 3. The molecule has 8 nitrogen and oxygen atoms in total. The molecule has 3 N–H and O–H groups in total. The summed E-state index contributed by atoms with van der Waals surface area (Å²) in [6.45, 7) is 6.61. The van der Waals surface area contributed by atoms with Crippen LogP contribution in [-0.2, 0) is 31.1 Å². The van der Waals surface area contributed by atoms with Gasteiger partial charge in [0.25, 0.3) is 0 Å². The Hall–Kier alpha value is -3.87. The molecular weight excluding hydrogens is 1110 g/mol. The Morgan fingerprint density at radius 3 is 1.56 bits per heavy atom. The number of carbonyl (C=O) groups is 4. The van der Waals surface area contributed by atoms with Gasteiger partial charge in [-0.2, -0.15) is 0 Å². The standard InChI is InChI=1S/C30H33F4NO3.C23H28F3NO3.C7H6BrF.ClH/c1-27-8-7-20(36)10-23(27)24(33)11-22-21-9-18-15-35(14-17-3-5-19(32)6-4-17)16-29(18,26(38)13-31)28(21,2)12-25(37)30(22,27)34;1-20-4-3-13(28)6-16(20)17(25)7-15-14-5-12-10-27-11-22(12,19(30)9-24)21(14,2)8-18(29)23(15,20)26;8-5-6-1-3-7(9)4-2-6;/h3-8,10,18,21-22,24-25,37H,9,11-16H2,1-2H3;3-4,6,12,14-15,17-18,27,29H,5,7-11H2,1-2H3;1-4H,5H2;1H/t18-,21-,22-,24-,25-,27-,28-,29+,30-;12-,14-,15-,17-,18-,20-,21-,22+,23-;;/m00../s1. The van der Waals surface area contributed by atoms with Gasteiger partial charge in [-0.1, -0.05) is 66.2 Å². The predicted octanol–water partition coefficient (Wildman–Crippen LogP) is 10.5. The number of nitrogens with zero attached hydrogens (tertiary/aromatic N) is 1. The van der Waals surface area contributed by atoms with Crippen LogP contribution in [0.1, 0.15) is 77.3 Å². The van der Waals surface area contributed by atoms with E-state index in [2.05, 4.69) is 26.1 Å². The van der Waals surface area contributed by atoms with Gasteiger partial charge in [-0.3, -0.25) is 24.1 Å². The number of hydrogen-bond acceptors (Lipinski definition) is 8. The average Bonchev–Trinajstić information content (AvgIpc) is 4.25. The topological polar surface area (TPSA) is 124 Å². The highest BCUT2D eigenvalue weighted by molar-refractivity contribution is 9.08. The van der Waals surface area contributed by atoms with E-state index >= 15 is 17.6 Å². The molecule has 0 unspecified atom stereocenters. The van der Waals surface area contributed by atoms with Crippen LogP contribution >= 0.6 is 28.3 Å². The van der Waals surface area contributed by atoms with Crippen LogP contribution in [0.5, 0.6) is 0 Å². The maximum absolute atomic E-state index is 17.4. The van der Waals surface area contributed by atoms with E-state index in [0.717, 1.165) is 22.5 Å². The van der Waals surface area contributed by atoms with Crippen LogP contribution in [0.15, 0.2) is 96.1 Å². The van der Waals surface area contributed by atoms with E-state index in [1.165, 1.54) is 54.6 Å². The van der Waals surface area contributed by atoms with Gasteiger partial charge in [0.1, 0.15) is 37.3 Å². The van der Waals surface area contributed by atoms with Crippen molar-refractivity contribution in [3.63, 3.8) is 0 Å². The summed E-state index contributed by atoms with van der Waals surface area (Å²) in [7, 11) is 0. The van der Waals surface area contributed by atoms with E-state index in [9.17, 15) is 47.0 Å². The number of ketones is 4. The van der Waals surface area contributed by atoms with Crippen LogP contribution in [-0.4, -0.2) is 114 Å². The first-order valence-electron chi connectivity index (χ1n) is 26.9. The Kier molecular flexibility index (Phi) is 15.5. The number of carbonyl (C=O) groups excluding carboxylic acids is 4. The molecule has 2 aromatic carbocycles. The Bertz CT molecular complexity index is 2860. The normalized spacial score (nSPS) is 44.2. The smallest absolute Gasteiger partial charge is 0.178 e. The summed E-state index contributed by atoms with van der Waals surface area (Å²) in [5, 5.41) is 26.8. The summed E-state index contributed by atoms with van der Waals surface area (Å²) in [5.74, 6) is -5.29. The first-order chi connectivity index (χ1) is 36.3. The van der Waals surface area contributed by atoms with Gasteiger partial charge < -0.3 is 15.5 Å². The highest BCUT2D eigenvalue weighted by atomic mass is 79.9. The van der Waals surface area contributed by atoms with Crippen LogP contribution in [0.3, 0.4) is 0 Å². The van der Waals surface area contributed by atoms with E-state index in [1.807, 2.05) is 13.8 Å². The molecule has 2 aromatic rings. The first-order valence-corrected chi connectivity index (χ1v) is 28.0. The van der Waals surface area contributed by atoms with Gasteiger partial charge in [0.15, 0.2) is 34.5 Å². The molecule has 2 aliphatic heterocycles. The lowest BCUT2D eigenvalue weighted by Gasteiger charge is -2.63. The van der Waals surface area contributed by atoms with E-state index in [1.54, 1.807) is 38.1 Å². The zero-order chi connectivity index (χ0) is 55.6. The maximum Gasteiger partial charge on any atom is 0.178 e. The molecule has 0 bridgehead atoms. The molecule has 6 saturated carbocycles. The number of Topliss-reactive ketones (excluding diaryl/α,β-unsaturated/α-hetero) is 2. The highest BCUT2D eigenvalue weighted by Gasteiger charge is 2.80. The number of alkyl halides is 7. The molecule has 8 aliphatic carbocycles. The third-order valence-electron chi connectivity index (χ3n) is 21.9. The van der Waals surface area contributed by atoms with Gasteiger partial charge in [0.05, 0.1) is 23.0 Å². The van der Waals surface area contributed by atoms with E-state index in [-0.39, 0.29) is 91.0 Å². The Labute approximate surface area is 464 Å². The van der Waals surface area contributed by atoms with Crippen LogP contribution in [0, 0.1) is 79.6 Å². The summed E-state index contributed by atoms with van der Waals surface area (Å²) in [6.07, 6.45) is 2.15. The van der Waals surface area contributed by atoms with Crippen molar-refractivity contribution >= 4 is 51.5 Å². The van der Waals surface area contributed by atoms with Crippen molar-refractivity contribution < 1.29 is 64.5 Å². The second-order valence-electron chi connectivity index (χ2n) is 24.8. The van der Waals surface area contributed by atoms with E-state index in [0.29, 0.717) is 39.0 Å². The van der Waals surface area contributed by atoms with Crippen molar-refractivity contribution in [2.24, 2.45) is 68.0 Å². The summed E-state index contributed by atoms with van der Waals surface area (Å²) in [4.78, 5) is 52.4. The van der Waals surface area contributed by atoms with Crippen molar-refractivity contribution in [3.8, 4) is 0 Å². The highest BCUT2D eigenvalue weighted by Crippen LogP contribution is 2.76. The molecule has 0 spiro atoms. The molecule has 0 radical (unpaired) electrons. The Morgan fingerprint density at radius 2 is 1.10 bits per heavy atom. The molecule has 0 aromatic heterocycles. The second-order valence-corrected chi connectivity index (χ2v) is 25.4. The van der Waals surface area contributed by atoms with Gasteiger partial charge >= 0.3 is 0 Å². The molecule has 2 saturated heterocycles. The zero-order valence-electron chi connectivity index (χ0n) is 44.0. The number of likely N-dealkylation sites (tertiary alicyclic amines) is 1. The minimum Gasteiger partial charge on any atom is -0.390 e. The van der Waals surface area contributed by atoms with Crippen molar-refractivity contribution in [2.45, 2.75) is 114 Å². The maximum atomic E-state index is 17.4. The molecule has 0 amide bonds. The molecule has 18 atom stereocenters. The van der Waals surface area contributed by atoms with E-state index < -0.39 is 117 Å². The summed E-state index contributed by atoms with van der Waals surface area (Å²) in [6, 6.07) is 12.5. The average molecular weight is 1180 g/mol. The first kappa shape index (κ1) is 58.8. The molecular formula is C60H68BrClF8N2O6. The Balaban J connectivity index is 0.000000165. The molecule has 8 fully saturated rings. The SMILES string of the molecule is C[C@]12C=CC(=O)C=C1[C@@H](F)C[C@H]1[C@@H]3C[C@H]4CN(Cc5ccc(F)cc5)C[C@@]4(C(=O)CF)[C@@]3(C)C[C@H](O)[C@@]12F.C[C@]12C=CC(=O)C=C1[C@@H](F)C[C@H]1[C@@H]3C[C@H]4CNC[C@@]4(C(=O)CF)[C@@]3(C)C[C@H](O)[C@@]12F.Cl.Fc1ccc(CBr)cc1. The number of fused-ring (bicyclic) bond motifs is 14. The lowest BCUT2D eigenvalue weighted by atomic mass is 9.43. The summed E-state index contributed by atoms with van der Waals surface area (Å²) >= 11 is 3.26. The summed E-state index contributed by atoms with van der Waals surface area (Å²) < 4.78 is 119. The van der Waals surface area contributed by atoms with Gasteiger partial charge in [-0.05, 0) is 164 Å². The van der Waals surface area contributed by atoms with Crippen LogP contribution in [0.2, 0.25) is 0 Å². The number of halogens is 10. The fourth-order valence-corrected chi connectivity index (χ4v) is 18.7. The minimum atomic E-state index is -2.23. The minimum absolute atomic E-state index is 0. The lowest BCUT2D eigenvalue weighted by molar-refractivity contribution is -0.211. The third kappa shape index (κ3) is 8.11. The lowest BCUT2D eigenvalue weighted by Crippen LogP contribution is -2.69. The zero-order valence-corrected chi connectivity index (χ0v) is 46.4. The predicted molar refractivity (Wildman–Crippen MR) is 283 cm³/mol. The second kappa shape index (κ2) is 20.5. The van der Waals surface area contributed by atoms with Crippen LogP contribution < -0.4 is 5.32 Å². The van der Waals surface area contributed by atoms with Gasteiger partial charge in [-0.15, -0.1) is 12.4 Å². The molecule has 12 rings (SSSR count). The number of allylic oxidation sites excluding steroid dienone is 8.